The number of hydrogen-bond acceptors (Lipinski definition) is 4. The molecule has 7 heteroatoms. The van der Waals surface area contributed by atoms with Crippen LogP contribution in [0, 0.1) is 5.82 Å². The Morgan fingerprint density at radius 3 is 2.55 bits per heavy atom. The number of anilines is 2. The molecule has 0 bridgehead atoms. The summed E-state index contributed by atoms with van der Waals surface area (Å²) in [5.41, 5.74) is 1.78. The SMILES string of the molecule is O=C(Nc1ccc(N2CCCCC2)c(C(=O)NCC2CCCO2)c1)c1ccccc1F. The molecule has 164 valence electrons. The van der Waals surface area contributed by atoms with Gasteiger partial charge in [0.25, 0.3) is 11.8 Å². The Morgan fingerprint density at radius 2 is 1.81 bits per heavy atom. The van der Waals surface area contributed by atoms with Gasteiger partial charge in [0.2, 0.25) is 0 Å². The number of rotatable bonds is 6. The summed E-state index contributed by atoms with van der Waals surface area (Å²) in [6.07, 6.45) is 5.36. The van der Waals surface area contributed by atoms with Gasteiger partial charge in [-0.1, -0.05) is 12.1 Å². The van der Waals surface area contributed by atoms with Crippen molar-refractivity contribution in [3.63, 3.8) is 0 Å². The molecular weight excluding hydrogens is 397 g/mol. The molecule has 2 aliphatic heterocycles. The smallest absolute Gasteiger partial charge is 0.258 e. The number of piperidine rings is 1. The van der Waals surface area contributed by atoms with E-state index >= 15 is 0 Å². The van der Waals surface area contributed by atoms with Gasteiger partial charge >= 0.3 is 0 Å². The predicted octanol–water partition coefficient (Wildman–Crippen LogP) is 3.98. The average molecular weight is 426 g/mol. The Morgan fingerprint density at radius 1 is 1.00 bits per heavy atom. The quantitative estimate of drug-likeness (QED) is 0.735. The van der Waals surface area contributed by atoms with Crippen LogP contribution in [0.4, 0.5) is 15.8 Å². The maximum absolute atomic E-state index is 14.0. The third kappa shape index (κ3) is 5.22. The molecule has 2 amide bonds. The summed E-state index contributed by atoms with van der Waals surface area (Å²) in [5.74, 6) is -1.33. The molecular formula is C24H28FN3O3. The molecule has 2 heterocycles. The number of carbonyl (C=O) groups is 2. The predicted molar refractivity (Wildman–Crippen MR) is 118 cm³/mol. The zero-order valence-electron chi connectivity index (χ0n) is 17.5. The van der Waals surface area contributed by atoms with Crippen LogP contribution in [-0.2, 0) is 4.74 Å². The molecule has 2 saturated heterocycles. The van der Waals surface area contributed by atoms with Gasteiger partial charge in [-0.05, 0) is 62.4 Å². The minimum Gasteiger partial charge on any atom is -0.376 e. The van der Waals surface area contributed by atoms with Gasteiger partial charge in [0.15, 0.2) is 0 Å². The van der Waals surface area contributed by atoms with Gasteiger partial charge in [0.1, 0.15) is 5.82 Å². The van der Waals surface area contributed by atoms with Crippen molar-refractivity contribution >= 4 is 23.2 Å². The summed E-state index contributed by atoms with van der Waals surface area (Å²) in [6, 6.07) is 11.1. The lowest BCUT2D eigenvalue weighted by Gasteiger charge is -2.30. The highest BCUT2D eigenvalue weighted by atomic mass is 19.1. The number of nitrogens with zero attached hydrogens (tertiary/aromatic N) is 1. The lowest BCUT2D eigenvalue weighted by Crippen LogP contribution is -2.35. The van der Waals surface area contributed by atoms with Crippen molar-refractivity contribution < 1.29 is 18.7 Å². The first-order valence-electron chi connectivity index (χ1n) is 11.0. The lowest BCUT2D eigenvalue weighted by molar-refractivity contribution is 0.0858. The van der Waals surface area contributed by atoms with Crippen LogP contribution in [-0.4, -0.2) is 44.2 Å². The molecule has 2 aromatic carbocycles. The van der Waals surface area contributed by atoms with Crippen molar-refractivity contribution in [2.45, 2.75) is 38.2 Å². The zero-order chi connectivity index (χ0) is 21.6. The van der Waals surface area contributed by atoms with Gasteiger partial charge in [-0.3, -0.25) is 9.59 Å². The van der Waals surface area contributed by atoms with Gasteiger partial charge in [-0.2, -0.15) is 0 Å². The fraction of sp³-hybridized carbons (Fsp3) is 0.417. The van der Waals surface area contributed by atoms with E-state index in [1.165, 1.54) is 24.6 Å². The fourth-order valence-corrected chi connectivity index (χ4v) is 4.16. The van der Waals surface area contributed by atoms with E-state index in [1.54, 1.807) is 18.2 Å². The van der Waals surface area contributed by atoms with Gasteiger partial charge in [-0.15, -0.1) is 0 Å². The fourth-order valence-electron chi connectivity index (χ4n) is 4.16. The normalized spacial score (nSPS) is 18.6. The largest absolute Gasteiger partial charge is 0.376 e. The molecule has 0 radical (unpaired) electrons. The third-order valence-electron chi connectivity index (χ3n) is 5.83. The zero-order valence-corrected chi connectivity index (χ0v) is 17.5. The highest BCUT2D eigenvalue weighted by Crippen LogP contribution is 2.28. The van der Waals surface area contributed by atoms with Crippen LogP contribution in [0.5, 0.6) is 0 Å². The monoisotopic (exact) mass is 425 g/mol. The van der Waals surface area contributed by atoms with Crippen LogP contribution >= 0.6 is 0 Å². The first-order chi connectivity index (χ1) is 15.1. The van der Waals surface area contributed by atoms with Gasteiger partial charge in [-0.25, -0.2) is 4.39 Å². The Balaban J connectivity index is 1.55. The minimum absolute atomic E-state index is 0.0352. The average Bonchev–Trinajstić information content (AvgIpc) is 3.32. The number of hydrogen-bond donors (Lipinski definition) is 2. The number of nitrogens with one attached hydrogen (secondary N) is 2. The maximum Gasteiger partial charge on any atom is 0.258 e. The Kier molecular flexibility index (Phi) is 6.82. The standard InChI is InChI=1S/C24H28FN3O3/c25-21-9-3-2-8-19(21)24(30)27-17-10-11-22(28-12-4-1-5-13-28)20(15-17)23(29)26-16-18-7-6-14-31-18/h2-3,8-11,15,18H,1,4-7,12-14,16H2,(H,26,29)(H,27,30). The lowest BCUT2D eigenvalue weighted by atomic mass is 10.1. The van der Waals surface area contributed by atoms with Crippen molar-refractivity contribution in [3.05, 3.63) is 59.4 Å². The first kappa shape index (κ1) is 21.3. The topological polar surface area (TPSA) is 70.7 Å². The molecule has 0 spiro atoms. The number of amides is 2. The van der Waals surface area contributed by atoms with Crippen molar-refractivity contribution in [3.8, 4) is 0 Å². The number of halogens is 1. The highest BCUT2D eigenvalue weighted by molar-refractivity contribution is 6.06. The second-order valence-electron chi connectivity index (χ2n) is 8.06. The first-order valence-corrected chi connectivity index (χ1v) is 11.0. The Labute approximate surface area is 181 Å². The van der Waals surface area contributed by atoms with Crippen LogP contribution < -0.4 is 15.5 Å². The summed E-state index contributed by atoms with van der Waals surface area (Å²) < 4.78 is 19.6. The van der Waals surface area contributed by atoms with Gasteiger partial charge in [0.05, 0.1) is 17.2 Å². The molecule has 0 aromatic heterocycles. The molecule has 1 atom stereocenters. The molecule has 0 aliphatic carbocycles. The van der Waals surface area contributed by atoms with E-state index < -0.39 is 11.7 Å². The molecule has 6 nitrogen and oxygen atoms in total. The van der Waals surface area contributed by atoms with E-state index in [9.17, 15) is 14.0 Å². The molecule has 31 heavy (non-hydrogen) atoms. The van der Waals surface area contributed by atoms with Crippen LogP contribution in [0.1, 0.15) is 52.8 Å². The number of ether oxygens (including phenoxy) is 1. The van der Waals surface area contributed by atoms with E-state index in [0.717, 1.165) is 51.1 Å². The van der Waals surface area contributed by atoms with Crippen molar-refractivity contribution in [2.24, 2.45) is 0 Å². The van der Waals surface area contributed by atoms with E-state index in [0.29, 0.717) is 17.8 Å². The molecule has 2 N–H and O–H groups in total. The molecule has 2 aromatic rings. The summed E-state index contributed by atoms with van der Waals surface area (Å²) in [4.78, 5) is 27.8. The molecule has 1 unspecified atom stereocenters. The molecule has 0 saturated carbocycles. The van der Waals surface area contributed by atoms with Crippen LogP contribution in [0.25, 0.3) is 0 Å². The van der Waals surface area contributed by atoms with Crippen LogP contribution in [0.15, 0.2) is 42.5 Å². The van der Waals surface area contributed by atoms with Crippen molar-refractivity contribution in [1.82, 2.24) is 5.32 Å². The van der Waals surface area contributed by atoms with Crippen LogP contribution in [0.3, 0.4) is 0 Å². The minimum atomic E-state index is -0.584. The van der Waals surface area contributed by atoms with Gasteiger partial charge < -0.3 is 20.3 Å². The molecule has 2 aliphatic rings. The molecule has 4 rings (SSSR count). The van der Waals surface area contributed by atoms with Crippen LogP contribution in [0.2, 0.25) is 0 Å². The van der Waals surface area contributed by atoms with E-state index in [4.69, 9.17) is 4.74 Å². The van der Waals surface area contributed by atoms with Crippen molar-refractivity contribution in [1.29, 1.82) is 0 Å². The molecule has 2 fully saturated rings. The highest BCUT2D eigenvalue weighted by Gasteiger charge is 2.22. The van der Waals surface area contributed by atoms with E-state index in [1.807, 2.05) is 6.07 Å². The second kappa shape index (κ2) is 9.92. The second-order valence-corrected chi connectivity index (χ2v) is 8.06. The maximum atomic E-state index is 14.0. The Hall–Kier alpha value is -2.93. The summed E-state index contributed by atoms with van der Waals surface area (Å²) >= 11 is 0. The third-order valence-corrected chi connectivity index (χ3v) is 5.83. The summed E-state index contributed by atoms with van der Waals surface area (Å²) in [7, 11) is 0. The van der Waals surface area contributed by atoms with E-state index in [2.05, 4.69) is 15.5 Å². The summed E-state index contributed by atoms with van der Waals surface area (Å²) in [5, 5.41) is 5.70. The van der Waals surface area contributed by atoms with Gasteiger partial charge in [0, 0.05) is 37.6 Å². The number of benzene rings is 2. The van der Waals surface area contributed by atoms with Crippen molar-refractivity contribution in [2.75, 3.05) is 36.5 Å². The Bertz CT molecular complexity index is 937. The summed E-state index contributed by atoms with van der Waals surface area (Å²) in [6.45, 7) is 2.99. The number of carbonyl (C=O) groups excluding carboxylic acids is 2. The van der Waals surface area contributed by atoms with E-state index in [-0.39, 0.29) is 17.6 Å².